The Morgan fingerprint density at radius 3 is 2.75 bits per heavy atom. The molecule has 0 saturated carbocycles. The zero-order valence-corrected chi connectivity index (χ0v) is 14.2. The van der Waals surface area contributed by atoms with Crippen LogP contribution in [0.15, 0.2) is 64.2 Å². The highest BCUT2D eigenvalue weighted by atomic mass is 35.5. The smallest absolute Gasteiger partial charge is 0.276 e. The van der Waals surface area contributed by atoms with Gasteiger partial charge in [-0.25, -0.2) is 0 Å². The Bertz CT molecular complexity index is 823. The number of benzene rings is 2. The molecule has 1 aromatic heterocycles. The molecule has 1 heterocycles. The van der Waals surface area contributed by atoms with Crippen LogP contribution in [0.1, 0.15) is 21.8 Å². The van der Waals surface area contributed by atoms with Crippen LogP contribution in [0, 0.1) is 0 Å². The van der Waals surface area contributed by atoms with Crippen molar-refractivity contribution in [3.05, 3.63) is 76.6 Å². The first-order valence-corrected chi connectivity index (χ1v) is 8.60. The highest BCUT2D eigenvalue weighted by Gasteiger charge is 2.10. The van der Waals surface area contributed by atoms with E-state index in [4.69, 9.17) is 16.0 Å². The van der Waals surface area contributed by atoms with E-state index in [1.807, 2.05) is 42.5 Å². The summed E-state index contributed by atoms with van der Waals surface area (Å²) in [5.74, 6) is 0.869. The van der Waals surface area contributed by atoms with Crippen molar-refractivity contribution in [2.24, 2.45) is 0 Å². The van der Waals surface area contributed by atoms with Crippen LogP contribution in [0.3, 0.4) is 0 Å². The molecule has 3 rings (SSSR count). The number of nitrogens with one attached hydrogen (secondary N) is 1. The molecule has 0 aliphatic heterocycles. The first-order valence-electron chi connectivity index (χ1n) is 7.23. The lowest BCUT2D eigenvalue weighted by molar-refractivity contribution is 0.0946. The average Bonchev–Trinajstić information content (AvgIpc) is 3.07. The second-order valence-corrected chi connectivity index (χ2v) is 6.29. The normalized spacial score (nSPS) is 10.5. The zero-order valence-electron chi connectivity index (χ0n) is 12.6. The number of amides is 1. The van der Waals surface area contributed by atoms with E-state index in [1.54, 1.807) is 12.1 Å². The third-order valence-electron chi connectivity index (χ3n) is 3.14. The lowest BCUT2D eigenvalue weighted by atomic mass is 10.2. The number of hydrogen-bond donors (Lipinski definition) is 1. The Balaban J connectivity index is 1.51. The summed E-state index contributed by atoms with van der Waals surface area (Å²) in [7, 11) is 0. The highest BCUT2D eigenvalue weighted by molar-refractivity contribution is 7.98. The van der Waals surface area contributed by atoms with Crippen molar-refractivity contribution in [1.29, 1.82) is 0 Å². The predicted octanol–water partition coefficient (Wildman–Crippen LogP) is 3.95. The quantitative estimate of drug-likeness (QED) is 0.675. The second kappa shape index (κ2) is 7.99. The molecule has 0 unspecified atom stereocenters. The van der Waals surface area contributed by atoms with Gasteiger partial charge in [0.05, 0.1) is 6.54 Å². The summed E-state index contributed by atoms with van der Waals surface area (Å²) in [6.45, 7) is 0.193. The second-order valence-electron chi connectivity index (χ2n) is 4.93. The molecule has 0 saturated heterocycles. The average molecular weight is 360 g/mol. The molecule has 0 radical (unpaired) electrons. The van der Waals surface area contributed by atoms with Gasteiger partial charge in [0, 0.05) is 16.3 Å². The standard InChI is InChI=1S/C17H14ClN3O2S/c18-14-8-4-5-12(9-14)11-24-17-21-20-15(23-17)10-19-16(22)13-6-2-1-3-7-13/h1-9H,10-11H2,(H,19,22). The zero-order chi connectivity index (χ0) is 16.8. The fraction of sp³-hybridized carbons (Fsp3) is 0.118. The number of thioether (sulfide) groups is 1. The van der Waals surface area contributed by atoms with Crippen LogP contribution < -0.4 is 5.32 Å². The third kappa shape index (κ3) is 4.59. The van der Waals surface area contributed by atoms with E-state index in [1.165, 1.54) is 11.8 Å². The minimum absolute atomic E-state index is 0.179. The first kappa shape index (κ1) is 16.5. The Kier molecular flexibility index (Phi) is 5.51. The molecule has 0 bridgehead atoms. The Hall–Kier alpha value is -2.31. The van der Waals surface area contributed by atoms with E-state index in [0.29, 0.717) is 27.5 Å². The molecule has 0 spiro atoms. The van der Waals surface area contributed by atoms with Gasteiger partial charge in [0.25, 0.3) is 11.1 Å². The van der Waals surface area contributed by atoms with Gasteiger partial charge in [-0.05, 0) is 29.8 Å². The Morgan fingerprint density at radius 1 is 1.12 bits per heavy atom. The summed E-state index contributed by atoms with van der Waals surface area (Å²) < 4.78 is 5.51. The van der Waals surface area contributed by atoms with E-state index >= 15 is 0 Å². The van der Waals surface area contributed by atoms with Crippen LogP contribution >= 0.6 is 23.4 Å². The molecule has 2 aromatic carbocycles. The van der Waals surface area contributed by atoms with Crippen molar-refractivity contribution in [2.45, 2.75) is 17.5 Å². The number of carbonyl (C=O) groups is 1. The van der Waals surface area contributed by atoms with Crippen molar-refractivity contribution < 1.29 is 9.21 Å². The van der Waals surface area contributed by atoms with E-state index < -0.39 is 0 Å². The molecule has 5 nitrogen and oxygen atoms in total. The van der Waals surface area contributed by atoms with Gasteiger partial charge in [0.2, 0.25) is 5.89 Å². The van der Waals surface area contributed by atoms with Crippen LogP contribution in [0.4, 0.5) is 0 Å². The van der Waals surface area contributed by atoms with Crippen LogP contribution in [0.5, 0.6) is 0 Å². The fourth-order valence-corrected chi connectivity index (χ4v) is 2.92. The monoisotopic (exact) mass is 359 g/mol. The predicted molar refractivity (Wildman–Crippen MR) is 92.9 cm³/mol. The lowest BCUT2D eigenvalue weighted by Gasteiger charge is -2.01. The van der Waals surface area contributed by atoms with Crippen LogP contribution in [0.2, 0.25) is 5.02 Å². The summed E-state index contributed by atoms with van der Waals surface area (Å²) in [6.07, 6.45) is 0. The van der Waals surface area contributed by atoms with Gasteiger partial charge in [0.1, 0.15) is 0 Å². The first-order chi connectivity index (χ1) is 11.7. The van der Waals surface area contributed by atoms with Crippen LogP contribution in [-0.2, 0) is 12.3 Å². The van der Waals surface area contributed by atoms with Crippen LogP contribution in [-0.4, -0.2) is 16.1 Å². The molecule has 0 atom stereocenters. The van der Waals surface area contributed by atoms with Crippen molar-refractivity contribution >= 4 is 29.3 Å². The van der Waals surface area contributed by atoms with Crippen LogP contribution in [0.25, 0.3) is 0 Å². The van der Waals surface area contributed by atoms with Gasteiger partial charge in [-0.3, -0.25) is 4.79 Å². The van der Waals surface area contributed by atoms with Crippen molar-refractivity contribution in [3.8, 4) is 0 Å². The maximum atomic E-state index is 11.9. The fourth-order valence-electron chi connectivity index (χ4n) is 1.99. The maximum absolute atomic E-state index is 11.9. The molecular weight excluding hydrogens is 346 g/mol. The molecule has 24 heavy (non-hydrogen) atoms. The summed E-state index contributed by atoms with van der Waals surface area (Å²) in [4.78, 5) is 11.9. The van der Waals surface area contributed by atoms with Gasteiger partial charge in [-0.2, -0.15) is 0 Å². The largest absolute Gasteiger partial charge is 0.414 e. The van der Waals surface area contributed by atoms with Crippen molar-refractivity contribution in [2.75, 3.05) is 0 Å². The molecule has 0 aliphatic rings. The number of carbonyl (C=O) groups excluding carboxylic acids is 1. The van der Waals surface area contributed by atoms with Crippen molar-refractivity contribution in [1.82, 2.24) is 15.5 Å². The molecule has 1 amide bonds. The highest BCUT2D eigenvalue weighted by Crippen LogP contribution is 2.22. The number of halogens is 1. The Labute approximate surface area is 148 Å². The summed E-state index contributed by atoms with van der Waals surface area (Å²) in [5, 5.41) is 11.8. The summed E-state index contributed by atoms with van der Waals surface area (Å²) in [6, 6.07) is 16.6. The third-order valence-corrected chi connectivity index (χ3v) is 4.26. The van der Waals surface area contributed by atoms with E-state index in [-0.39, 0.29) is 12.5 Å². The molecule has 7 heteroatoms. The van der Waals surface area contributed by atoms with Crippen molar-refractivity contribution in [3.63, 3.8) is 0 Å². The summed E-state index contributed by atoms with van der Waals surface area (Å²) in [5.41, 5.74) is 1.66. The molecule has 0 fully saturated rings. The Morgan fingerprint density at radius 2 is 1.96 bits per heavy atom. The number of aromatic nitrogens is 2. The van der Waals surface area contributed by atoms with Gasteiger partial charge in [-0.1, -0.05) is 53.7 Å². The number of nitrogens with zero attached hydrogens (tertiary/aromatic N) is 2. The molecule has 122 valence electrons. The van der Waals surface area contributed by atoms with Gasteiger partial charge >= 0.3 is 0 Å². The molecule has 0 aliphatic carbocycles. The van der Waals surface area contributed by atoms with Gasteiger partial charge in [0.15, 0.2) is 0 Å². The molecular formula is C17H14ClN3O2S. The minimum Gasteiger partial charge on any atom is -0.414 e. The lowest BCUT2D eigenvalue weighted by Crippen LogP contribution is -2.22. The number of hydrogen-bond acceptors (Lipinski definition) is 5. The maximum Gasteiger partial charge on any atom is 0.276 e. The summed E-state index contributed by atoms with van der Waals surface area (Å²) >= 11 is 7.37. The van der Waals surface area contributed by atoms with E-state index in [9.17, 15) is 4.79 Å². The molecule has 3 aromatic rings. The SMILES string of the molecule is O=C(NCc1nnc(SCc2cccc(Cl)c2)o1)c1ccccc1. The minimum atomic E-state index is -0.179. The number of rotatable bonds is 6. The van der Waals surface area contributed by atoms with Gasteiger partial charge < -0.3 is 9.73 Å². The van der Waals surface area contributed by atoms with Gasteiger partial charge in [-0.15, -0.1) is 10.2 Å². The topological polar surface area (TPSA) is 68.0 Å². The molecule has 1 N–H and O–H groups in total. The van der Waals surface area contributed by atoms with E-state index in [0.717, 1.165) is 5.56 Å². The van der Waals surface area contributed by atoms with E-state index in [2.05, 4.69) is 15.5 Å².